The monoisotopic (exact) mass is 198 g/mol. The highest BCUT2D eigenvalue weighted by molar-refractivity contribution is 6.42. The number of benzene rings is 1. The van der Waals surface area contributed by atoms with Crippen molar-refractivity contribution in [1.82, 2.24) is 0 Å². The first-order valence-electron chi connectivity index (χ1n) is 3.95. The smallest absolute Gasteiger partial charge is 0.0595 e. The highest BCUT2D eigenvalue weighted by atomic mass is 35.5. The Labute approximate surface area is 82.5 Å². The van der Waals surface area contributed by atoms with Crippen molar-refractivity contribution < 1.29 is 0 Å². The summed E-state index contributed by atoms with van der Waals surface area (Å²) in [5.41, 5.74) is 2.60. The first-order valence-corrected chi connectivity index (χ1v) is 4.70. The van der Waals surface area contributed by atoms with Crippen molar-refractivity contribution in [1.29, 1.82) is 0 Å². The molecule has 0 N–H and O–H groups in total. The summed E-state index contributed by atoms with van der Waals surface area (Å²) in [5.74, 6) is 0. The van der Waals surface area contributed by atoms with Crippen LogP contribution in [0.1, 0.15) is 17.5 Å². The predicted octanol–water partition coefficient (Wildman–Crippen LogP) is 3.56. The summed E-state index contributed by atoms with van der Waals surface area (Å²) < 4.78 is 0. The summed E-state index contributed by atoms with van der Waals surface area (Å²) in [6.07, 6.45) is 6.28. The number of aryl methyl sites for hydroxylation is 1. The first kappa shape index (κ1) is 8.40. The average Bonchev–Trinajstić information content (AvgIpc) is 2.07. The van der Waals surface area contributed by atoms with Crippen LogP contribution in [0.5, 0.6) is 0 Å². The minimum absolute atomic E-state index is 0.652. The van der Waals surface area contributed by atoms with Gasteiger partial charge >= 0.3 is 0 Å². The van der Waals surface area contributed by atoms with Gasteiger partial charge < -0.3 is 0 Å². The molecule has 0 aliphatic heterocycles. The van der Waals surface area contributed by atoms with Crippen molar-refractivity contribution in [3.8, 4) is 0 Å². The number of rotatable bonds is 0. The zero-order chi connectivity index (χ0) is 8.55. The van der Waals surface area contributed by atoms with Gasteiger partial charge in [0.25, 0.3) is 0 Å². The summed E-state index contributed by atoms with van der Waals surface area (Å²) >= 11 is 11.8. The first-order chi connectivity index (χ1) is 5.77. The highest BCUT2D eigenvalue weighted by Gasteiger charge is 2.11. The Balaban J connectivity index is 2.49. The molecule has 0 fully saturated rings. The Kier molecular flexibility index (Phi) is 2.29. The van der Waals surface area contributed by atoms with E-state index in [0.29, 0.717) is 10.0 Å². The van der Waals surface area contributed by atoms with Gasteiger partial charge in [-0.3, -0.25) is 0 Å². The van der Waals surface area contributed by atoms with Crippen LogP contribution in [0, 0.1) is 6.42 Å². The SMILES string of the molecule is Clc1cc2c(cc1Cl)CC[C]C2. The van der Waals surface area contributed by atoms with Crippen molar-refractivity contribution in [2.45, 2.75) is 19.3 Å². The minimum atomic E-state index is 0.652. The molecule has 0 bridgehead atoms. The Hall–Kier alpha value is -0.200. The van der Waals surface area contributed by atoms with Gasteiger partial charge in [-0.2, -0.15) is 0 Å². The van der Waals surface area contributed by atoms with Crippen molar-refractivity contribution in [2.75, 3.05) is 0 Å². The van der Waals surface area contributed by atoms with Crippen molar-refractivity contribution >= 4 is 23.2 Å². The summed E-state index contributed by atoms with van der Waals surface area (Å²) in [5, 5.41) is 1.32. The molecular weight excluding hydrogens is 191 g/mol. The van der Waals surface area contributed by atoms with E-state index in [4.69, 9.17) is 23.2 Å². The van der Waals surface area contributed by atoms with Gasteiger partial charge in [-0.15, -0.1) is 0 Å². The van der Waals surface area contributed by atoms with E-state index in [1.807, 2.05) is 12.1 Å². The van der Waals surface area contributed by atoms with Crippen LogP contribution in [0.15, 0.2) is 12.1 Å². The molecule has 0 nitrogen and oxygen atoms in total. The fourth-order valence-electron chi connectivity index (χ4n) is 1.47. The zero-order valence-corrected chi connectivity index (χ0v) is 8.04. The summed E-state index contributed by atoms with van der Waals surface area (Å²) in [7, 11) is 0. The molecule has 0 saturated carbocycles. The molecule has 0 spiro atoms. The van der Waals surface area contributed by atoms with Crippen LogP contribution in [0.25, 0.3) is 0 Å². The van der Waals surface area contributed by atoms with E-state index in [1.165, 1.54) is 11.1 Å². The molecule has 1 aromatic carbocycles. The molecule has 2 radical (unpaired) electrons. The van der Waals surface area contributed by atoms with Crippen LogP contribution < -0.4 is 0 Å². The maximum Gasteiger partial charge on any atom is 0.0595 e. The second-order valence-corrected chi connectivity index (χ2v) is 3.78. The standard InChI is InChI=1S/C10H8Cl2/c11-9-5-7-3-1-2-4-8(7)6-10(9)12/h5-6H,1,3-4H2. The van der Waals surface area contributed by atoms with Crippen LogP contribution in [0.2, 0.25) is 10.0 Å². The van der Waals surface area contributed by atoms with Gasteiger partial charge in [0, 0.05) is 0 Å². The minimum Gasteiger partial charge on any atom is -0.0827 e. The predicted molar refractivity (Wildman–Crippen MR) is 51.7 cm³/mol. The van der Waals surface area contributed by atoms with E-state index in [0.717, 1.165) is 19.3 Å². The molecule has 0 amide bonds. The maximum absolute atomic E-state index is 5.89. The number of fused-ring (bicyclic) bond motifs is 1. The lowest BCUT2D eigenvalue weighted by atomic mass is 9.92. The number of hydrogen-bond donors (Lipinski definition) is 0. The molecule has 0 heterocycles. The van der Waals surface area contributed by atoms with Gasteiger partial charge in [-0.05, 0) is 48.9 Å². The zero-order valence-electron chi connectivity index (χ0n) is 6.53. The third-order valence-electron chi connectivity index (χ3n) is 2.13. The van der Waals surface area contributed by atoms with E-state index >= 15 is 0 Å². The lowest BCUT2D eigenvalue weighted by molar-refractivity contribution is 0.829. The van der Waals surface area contributed by atoms with E-state index in [-0.39, 0.29) is 0 Å². The van der Waals surface area contributed by atoms with Crippen LogP contribution >= 0.6 is 23.2 Å². The second kappa shape index (κ2) is 3.27. The van der Waals surface area contributed by atoms with Crippen LogP contribution in [-0.4, -0.2) is 0 Å². The maximum atomic E-state index is 5.89. The molecule has 12 heavy (non-hydrogen) atoms. The third-order valence-corrected chi connectivity index (χ3v) is 2.85. The Morgan fingerprint density at radius 2 is 1.75 bits per heavy atom. The summed E-state index contributed by atoms with van der Waals surface area (Å²) in [6.45, 7) is 0. The molecular formula is C10H8Cl2. The molecule has 1 aliphatic rings. The van der Waals surface area contributed by atoms with Crippen molar-refractivity contribution in [3.63, 3.8) is 0 Å². The Morgan fingerprint density at radius 3 is 2.50 bits per heavy atom. The number of hydrogen-bond acceptors (Lipinski definition) is 0. The van der Waals surface area contributed by atoms with Gasteiger partial charge in [0.1, 0.15) is 0 Å². The third kappa shape index (κ3) is 1.46. The normalized spacial score (nSPS) is 15.8. The lowest BCUT2D eigenvalue weighted by Crippen LogP contribution is -2.02. The van der Waals surface area contributed by atoms with Gasteiger partial charge in [-0.25, -0.2) is 0 Å². The van der Waals surface area contributed by atoms with Crippen LogP contribution in [-0.2, 0) is 12.8 Å². The van der Waals surface area contributed by atoms with E-state index in [2.05, 4.69) is 6.42 Å². The lowest BCUT2D eigenvalue weighted by Gasteiger charge is -2.15. The van der Waals surface area contributed by atoms with Gasteiger partial charge in [-0.1, -0.05) is 23.2 Å². The van der Waals surface area contributed by atoms with Gasteiger partial charge in [0.05, 0.1) is 10.0 Å². The largest absolute Gasteiger partial charge is 0.0827 e. The van der Waals surface area contributed by atoms with Gasteiger partial charge in [0.2, 0.25) is 0 Å². The Morgan fingerprint density at radius 1 is 1.08 bits per heavy atom. The van der Waals surface area contributed by atoms with E-state index in [1.54, 1.807) is 0 Å². The molecule has 1 aliphatic carbocycles. The summed E-state index contributed by atoms with van der Waals surface area (Å²) in [6, 6.07) is 3.92. The molecule has 2 rings (SSSR count). The fraction of sp³-hybridized carbons (Fsp3) is 0.300. The second-order valence-electron chi connectivity index (χ2n) is 2.96. The average molecular weight is 199 g/mol. The molecule has 0 unspecified atom stereocenters. The van der Waals surface area contributed by atoms with Crippen molar-refractivity contribution in [2.24, 2.45) is 0 Å². The molecule has 62 valence electrons. The van der Waals surface area contributed by atoms with Gasteiger partial charge in [0.15, 0.2) is 0 Å². The van der Waals surface area contributed by atoms with Crippen LogP contribution in [0.3, 0.4) is 0 Å². The molecule has 1 aromatic rings. The molecule has 0 saturated heterocycles. The molecule has 2 heteroatoms. The molecule has 0 atom stereocenters. The fourth-order valence-corrected chi connectivity index (χ4v) is 1.85. The number of halogens is 2. The summed E-state index contributed by atoms with van der Waals surface area (Å²) in [4.78, 5) is 0. The van der Waals surface area contributed by atoms with E-state index in [9.17, 15) is 0 Å². The Bertz CT molecular complexity index is 274. The molecule has 0 aromatic heterocycles. The topological polar surface area (TPSA) is 0 Å². The quantitative estimate of drug-likeness (QED) is 0.599. The van der Waals surface area contributed by atoms with E-state index < -0.39 is 0 Å². The highest BCUT2D eigenvalue weighted by Crippen LogP contribution is 2.29. The van der Waals surface area contributed by atoms with Crippen molar-refractivity contribution in [3.05, 3.63) is 39.7 Å². The van der Waals surface area contributed by atoms with Crippen LogP contribution in [0.4, 0.5) is 0 Å².